The van der Waals surface area contributed by atoms with Gasteiger partial charge in [0.05, 0.1) is 23.9 Å². The number of benzene rings is 3. The highest BCUT2D eigenvalue weighted by Gasteiger charge is 2.20. The van der Waals surface area contributed by atoms with Gasteiger partial charge in [0.15, 0.2) is 17.3 Å². The summed E-state index contributed by atoms with van der Waals surface area (Å²) in [7, 11) is -3.67. The summed E-state index contributed by atoms with van der Waals surface area (Å²) in [4.78, 5) is 37.9. The third kappa shape index (κ3) is 11.0. The van der Waals surface area contributed by atoms with E-state index in [0.29, 0.717) is 22.9 Å². The van der Waals surface area contributed by atoms with Crippen molar-refractivity contribution in [3.63, 3.8) is 0 Å². The van der Waals surface area contributed by atoms with Crippen molar-refractivity contribution in [1.29, 1.82) is 0 Å². The van der Waals surface area contributed by atoms with E-state index in [4.69, 9.17) is 14.0 Å². The predicted molar refractivity (Wildman–Crippen MR) is 144 cm³/mol. The lowest BCUT2D eigenvalue weighted by atomic mass is 10.1. The summed E-state index contributed by atoms with van der Waals surface area (Å²) < 4.78 is 36.9. The molecule has 0 heterocycles. The van der Waals surface area contributed by atoms with Crippen LogP contribution in [0.25, 0.3) is 0 Å². The quantitative estimate of drug-likeness (QED) is 0.192. The number of Topliss-reactive ketones (excluding diaryl/α,β-unsaturated/α-hetero) is 1. The molecule has 0 aliphatic carbocycles. The van der Waals surface area contributed by atoms with Crippen molar-refractivity contribution in [2.75, 3.05) is 12.8 Å². The first kappa shape index (κ1) is 30.4. The van der Waals surface area contributed by atoms with Crippen molar-refractivity contribution < 1.29 is 36.8 Å². The molecule has 3 aromatic carbocycles. The van der Waals surface area contributed by atoms with E-state index >= 15 is 0 Å². The molecule has 9 nitrogen and oxygen atoms in total. The van der Waals surface area contributed by atoms with E-state index in [-0.39, 0.29) is 29.4 Å². The summed E-state index contributed by atoms with van der Waals surface area (Å²) in [6.07, 6.45) is 0.715. The summed E-state index contributed by atoms with van der Waals surface area (Å²) in [5.74, 6) is -1.37. The fraction of sp³-hybridized carbons (Fsp3) is 0.250. The Morgan fingerprint density at radius 1 is 0.789 bits per heavy atom. The number of nitrogens with one attached hydrogen (secondary N) is 1. The summed E-state index contributed by atoms with van der Waals surface area (Å²) in [6.45, 7) is 7.90. The SMILES string of the molecule is CS(=O)(=O)O.Cc1ccc(C(=O)Oc2cc(C(=O)CNC(C)(C)C)ccc2OC(=O)c2ccccc2)cc1. The zero-order chi connectivity index (χ0) is 28.5. The molecule has 0 aliphatic rings. The lowest BCUT2D eigenvalue weighted by Gasteiger charge is -2.20. The van der Waals surface area contributed by atoms with Crippen LogP contribution in [0.1, 0.15) is 57.4 Å². The van der Waals surface area contributed by atoms with Crippen LogP contribution in [0, 0.1) is 6.92 Å². The summed E-state index contributed by atoms with van der Waals surface area (Å²) in [6, 6.07) is 19.8. The minimum absolute atomic E-state index is 0.00790. The summed E-state index contributed by atoms with van der Waals surface area (Å²) >= 11 is 0. The van der Waals surface area contributed by atoms with Crippen LogP contribution in [-0.4, -0.2) is 49.0 Å². The molecule has 0 bridgehead atoms. The Balaban J connectivity index is 0.000000926. The normalized spacial score (nSPS) is 11.1. The number of carbonyl (C=O) groups is 3. The standard InChI is InChI=1S/C27H27NO5.CH4O3S/c1-18-10-12-20(13-11-18)26(31)33-24-16-21(22(29)17-28-27(2,3)4)14-15-23(24)32-25(30)19-8-6-5-7-9-19;1-5(2,3)4/h5-16,28H,17H2,1-4H3;1H3,(H,2,3,4). The van der Waals surface area contributed by atoms with Crippen LogP contribution in [0.2, 0.25) is 0 Å². The monoisotopic (exact) mass is 541 g/mol. The van der Waals surface area contributed by atoms with Crippen molar-refractivity contribution in [1.82, 2.24) is 5.32 Å². The number of aryl methyl sites for hydroxylation is 1. The van der Waals surface area contributed by atoms with Gasteiger partial charge in [0.25, 0.3) is 10.1 Å². The lowest BCUT2D eigenvalue weighted by molar-refractivity contribution is 0.0682. The molecule has 2 N–H and O–H groups in total. The van der Waals surface area contributed by atoms with Crippen LogP contribution in [-0.2, 0) is 10.1 Å². The second kappa shape index (κ2) is 13.1. The van der Waals surface area contributed by atoms with Gasteiger partial charge >= 0.3 is 11.9 Å². The van der Waals surface area contributed by atoms with Crippen LogP contribution in [0.3, 0.4) is 0 Å². The molecule has 0 atom stereocenters. The summed E-state index contributed by atoms with van der Waals surface area (Å²) in [5, 5.41) is 3.14. The predicted octanol–water partition coefficient (Wildman–Crippen LogP) is 4.51. The smallest absolute Gasteiger partial charge is 0.343 e. The van der Waals surface area contributed by atoms with E-state index in [2.05, 4.69) is 5.32 Å². The van der Waals surface area contributed by atoms with Crippen LogP contribution in [0.4, 0.5) is 0 Å². The molecule has 0 saturated heterocycles. The average molecular weight is 542 g/mol. The number of esters is 2. The van der Waals surface area contributed by atoms with Gasteiger partial charge in [-0.25, -0.2) is 9.59 Å². The highest BCUT2D eigenvalue weighted by atomic mass is 32.2. The van der Waals surface area contributed by atoms with Crippen molar-refractivity contribution in [3.8, 4) is 11.5 Å². The first-order valence-electron chi connectivity index (χ1n) is 11.5. The Hall–Kier alpha value is -3.86. The molecule has 10 heteroatoms. The Labute approximate surface area is 222 Å². The van der Waals surface area contributed by atoms with Gasteiger partial charge in [0.1, 0.15) is 0 Å². The van der Waals surface area contributed by atoms with Gasteiger partial charge in [-0.3, -0.25) is 9.35 Å². The highest BCUT2D eigenvalue weighted by Crippen LogP contribution is 2.30. The fourth-order valence-electron chi connectivity index (χ4n) is 2.87. The molecular formula is C28H31NO8S. The molecule has 0 aliphatic heterocycles. The van der Waals surface area contributed by atoms with Crippen LogP contribution < -0.4 is 14.8 Å². The van der Waals surface area contributed by atoms with Crippen molar-refractivity contribution in [2.24, 2.45) is 0 Å². The van der Waals surface area contributed by atoms with Crippen molar-refractivity contribution in [3.05, 3.63) is 95.1 Å². The fourth-order valence-corrected chi connectivity index (χ4v) is 2.87. The summed E-state index contributed by atoms with van der Waals surface area (Å²) in [5.41, 5.74) is 1.79. The number of ketones is 1. The third-order valence-corrected chi connectivity index (χ3v) is 4.75. The van der Waals surface area contributed by atoms with Gasteiger partial charge in [-0.05, 0) is 70.2 Å². The zero-order valence-electron chi connectivity index (χ0n) is 21.8. The van der Waals surface area contributed by atoms with Gasteiger partial charge < -0.3 is 14.8 Å². The van der Waals surface area contributed by atoms with Gasteiger partial charge in [0.2, 0.25) is 0 Å². The van der Waals surface area contributed by atoms with Gasteiger partial charge in [-0.15, -0.1) is 0 Å². The maximum absolute atomic E-state index is 12.7. The molecule has 3 rings (SSSR count). The minimum atomic E-state index is -3.67. The lowest BCUT2D eigenvalue weighted by Crippen LogP contribution is -2.39. The second-order valence-electron chi connectivity index (χ2n) is 9.43. The molecule has 3 aromatic rings. The Bertz CT molecular complexity index is 1370. The molecule has 0 radical (unpaired) electrons. The van der Waals surface area contributed by atoms with E-state index < -0.39 is 22.1 Å². The maximum atomic E-state index is 12.7. The third-order valence-electron chi connectivity index (χ3n) is 4.75. The molecule has 0 amide bonds. The minimum Gasteiger partial charge on any atom is -0.419 e. The zero-order valence-corrected chi connectivity index (χ0v) is 22.7. The van der Waals surface area contributed by atoms with Gasteiger partial charge in [0, 0.05) is 11.1 Å². The van der Waals surface area contributed by atoms with E-state index in [1.54, 1.807) is 60.7 Å². The first-order chi connectivity index (χ1) is 17.6. The molecule has 0 unspecified atom stereocenters. The molecule has 38 heavy (non-hydrogen) atoms. The van der Waals surface area contributed by atoms with Crippen LogP contribution in [0.5, 0.6) is 11.5 Å². The topological polar surface area (TPSA) is 136 Å². The molecule has 0 fully saturated rings. The first-order valence-corrected chi connectivity index (χ1v) is 13.4. The van der Waals surface area contributed by atoms with E-state index in [0.717, 1.165) is 5.56 Å². The number of ether oxygens (including phenoxy) is 2. The second-order valence-corrected chi connectivity index (χ2v) is 10.9. The Morgan fingerprint density at radius 3 is 1.79 bits per heavy atom. The number of rotatable bonds is 7. The molecule has 0 saturated carbocycles. The van der Waals surface area contributed by atoms with Crippen molar-refractivity contribution in [2.45, 2.75) is 33.2 Å². The molecular weight excluding hydrogens is 510 g/mol. The van der Waals surface area contributed by atoms with Crippen LogP contribution in [0.15, 0.2) is 72.8 Å². The van der Waals surface area contributed by atoms with Gasteiger partial charge in [-0.1, -0.05) is 35.9 Å². The Morgan fingerprint density at radius 2 is 1.26 bits per heavy atom. The largest absolute Gasteiger partial charge is 0.419 e. The van der Waals surface area contributed by atoms with Crippen molar-refractivity contribution >= 4 is 27.8 Å². The van der Waals surface area contributed by atoms with E-state index in [1.165, 1.54) is 12.1 Å². The molecule has 202 valence electrons. The number of hydrogen-bond donors (Lipinski definition) is 2. The Kier molecular flexibility index (Phi) is 10.5. The molecule has 0 aromatic heterocycles. The highest BCUT2D eigenvalue weighted by molar-refractivity contribution is 7.85. The average Bonchev–Trinajstić information content (AvgIpc) is 2.83. The van der Waals surface area contributed by atoms with Gasteiger partial charge in [-0.2, -0.15) is 8.42 Å². The van der Waals surface area contributed by atoms with E-state index in [9.17, 15) is 22.8 Å². The maximum Gasteiger partial charge on any atom is 0.343 e. The molecule has 0 spiro atoms. The van der Waals surface area contributed by atoms with E-state index in [1.807, 2.05) is 27.7 Å². The number of hydrogen-bond acceptors (Lipinski definition) is 8. The van der Waals surface area contributed by atoms with Crippen LogP contribution >= 0.6 is 0 Å². The number of carbonyl (C=O) groups excluding carboxylic acids is 3.